The van der Waals surface area contributed by atoms with Gasteiger partial charge in [-0.2, -0.15) is 9.78 Å². The van der Waals surface area contributed by atoms with Crippen molar-refractivity contribution in [3.8, 4) is 0 Å². The molecule has 1 heterocycles. The van der Waals surface area contributed by atoms with E-state index >= 15 is 0 Å². The van der Waals surface area contributed by atoms with Gasteiger partial charge in [-0.1, -0.05) is 49.6 Å². The van der Waals surface area contributed by atoms with Crippen LogP contribution in [0.15, 0.2) is 30.3 Å². The van der Waals surface area contributed by atoms with Gasteiger partial charge in [0.2, 0.25) is 12.1 Å². The van der Waals surface area contributed by atoms with Crippen molar-refractivity contribution in [3.05, 3.63) is 35.9 Å². The second-order valence-corrected chi connectivity index (χ2v) is 7.12. The van der Waals surface area contributed by atoms with Crippen LogP contribution in [0.1, 0.15) is 57.3 Å². The van der Waals surface area contributed by atoms with Crippen molar-refractivity contribution in [2.45, 2.75) is 57.5 Å². The van der Waals surface area contributed by atoms with E-state index in [0.29, 0.717) is 5.92 Å². The van der Waals surface area contributed by atoms with Gasteiger partial charge in [0, 0.05) is 11.5 Å². The predicted molar refractivity (Wildman–Crippen MR) is 79.0 cm³/mol. The Labute approximate surface area is 126 Å². The summed E-state index contributed by atoms with van der Waals surface area (Å²) in [5.74, 6) is 1.59. The molecule has 3 fully saturated rings. The van der Waals surface area contributed by atoms with Crippen molar-refractivity contribution >= 4 is 0 Å². The van der Waals surface area contributed by atoms with Crippen molar-refractivity contribution in [2.75, 3.05) is 0 Å². The molecule has 0 amide bonds. The van der Waals surface area contributed by atoms with E-state index in [1.807, 2.05) is 30.3 Å². The fourth-order valence-electron chi connectivity index (χ4n) is 4.45. The highest BCUT2D eigenvalue weighted by Gasteiger charge is 2.49. The first kappa shape index (κ1) is 13.7. The Morgan fingerprint density at radius 1 is 1.00 bits per heavy atom. The van der Waals surface area contributed by atoms with Crippen LogP contribution in [0.4, 0.5) is 0 Å². The number of hydrogen-bond acceptors (Lipinski definition) is 3. The molecule has 2 bridgehead atoms. The lowest BCUT2D eigenvalue weighted by Gasteiger charge is -2.43. The second kappa shape index (κ2) is 5.38. The third-order valence-corrected chi connectivity index (χ3v) is 5.58. The molecule has 2 saturated carbocycles. The van der Waals surface area contributed by atoms with Gasteiger partial charge in [0.1, 0.15) is 0 Å². The molecule has 1 aliphatic heterocycles. The minimum absolute atomic E-state index is 0.391. The molecule has 0 spiro atoms. The maximum absolute atomic E-state index is 6.20. The molecule has 3 heteroatoms. The molecule has 1 saturated heterocycles. The Morgan fingerprint density at radius 3 is 2.43 bits per heavy atom. The lowest BCUT2D eigenvalue weighted by molar-refractivity contribution is -0.343. The molecule has 0 radical (unpaired) electrons. The number of rotatable bonds is 2. The summed E-state index contributed by atoms with van der Waals surface area (Å²) in [7, 11) is 0. The van der Waals surface area contributed by atoms with Gasteiger partial charge in [-0.05, 0) is 38.0 Å². The Hall–Kier alpha value is -0.900. The van der Waals surface area contributed by atoms with Crippen molar-refractivity contribution < 1.29 is 14.5 Å². The monoisotopic (exact) mass is 288 g/mol. The average molecular weight is 288 g/mol. The molecule has 0 aromatic heterocycles. The molecule has 0 N–H and O–H groups in total. The first-order valence-electron chi connectivity index (χ1n) is 8.30. The van der Waals surface area contributed by atoms with E-state index in [4.69, 9.17) is 14.5 Å². The first-order valence-corrected chi connectivity index (χ1v) is 8.30. The fourth-order valence-corrected chi connectivity index (χ4v) is 4.45. The summed E-state index contributed by atoms with van der Waals surface area (Å²) in [6.45, 7) is 2.06. The Morgan fingerprint density at radius 2 is 1.71 bits per heavy atom. The highest BCUT2D eigenvalue weighted by atomic mass is 17.3. The van der Waals surface area contributed by atoms with Crippen LogP contribution >= 0.6 is 0 Å². The molecule has 1 aromatic rings. The Balaban J connectivity index is 1.48. The van der Waals surface area contributed by atoms with E-state index in [0.717, 1.165) is 17.4 Å². The molecule has 114 valence electrons. The van der Waals surface area contributed by atoms with Gasteiger partial charge in [-0.25, -0.2) is 0 Å². The van der Waals surface area contributed by atoms with Gasteiger partial charge < -0.3 is 4.74 Å². The first-order chi connectivity index (χ1) is 10.2. The van der Waals surface area contributed by atoms with Crippen LogP contribution in [0.3, 0.4) is 0 Å². The van der Waals surface area contributed by atoms with E-state index < -0.39 is 12.1 Å². The molecule has 4 atom stereocenters. The van der Waals surface area contributed by atoms with E-state index in [9.17, 15) is 0 Å². The van der Waals surface area contributed by atoms with Gasteiger partial charge in [-0.15, -0.1) is 0 Å². The summed E-state index contributed by atoms with van der Waals surface area (Å²) in [5, 5.41) is 0. The number of fused-ring (bicyclic) bond motifs is 2. The summed E-state index contributed by atoms with van der Waals surface area (Å²) >= 11 is 0. The van der Waals surface area contributed by atoms with Crippen LogP contribution in [0.5, 0.6) is 0 Å². The summed E-state index contributed by atoms with van der Waals surface area (Å²) in [4.78, 5) is 11.2. The normalized spacial score (nSPS) is 42.9. The lowest BCUT2D eigenvalue weighted by atomic mass is 9.66. The third kappa shape index (κ3) is 2.63. The third-order valence-electron chi connectivity index (χ3n) is 5.58. The molecule has 4 rings (SSSR count). The molecule has 3 nitrogen and oxygen atoms in total. The molecular formula is C18H24O3. The topological polar surface area (TPSA) is 27.7 Å². The number of hydrogen-bond donors (Lipinski definition) is 0. The fraction of sp³-hybridized carbons (Fsp3) is 0.667. The molecular weight excluding hydrogens is 264 g/mol. The minimum Gasteiger partial charge on any atom is -0.311 e. The second-order valence-electron chi connectivity index (χ2n) is 7.12. The zero-order valence-electron chi connectivity index (χ0n) is 12.7. The van der Waals surface area contributed by atoms with E-state index in [-0.39, 0.29) is 0 Å². The van der Waals surface area contributed by atoms with Crippen molar-refractivity contribution in [1.82, 2.24) is 0 Å². The summed E-state index contributed by atoms with van der Waals surface area (Å²) < 4.78 is 6.20. The number of benzene rings is 1. The van der Waals surface area contributed by atoms with Crippen LogP contribution in [0.2, 0.25) is 0 Å². The van der Waals surface area contributed by atoms with E-state index in [1.54, 1.807) is 0 Å². The van der Waals surface area contributed by atoms with E-state index in [1.165, 1.54) is 38.5 Å². The van der Waals surface area contributed by atoms with Crippen molar-refractivity contribution in [1.29, 1.82) is 0 Å². The smallest absolute Gasteiger partial charge is 0.220 e. The van der Waals surface area contributed by atoms with Gasteiger partial charge in [0.15, 0.2) is 0 Å². The van der Waals surface area contributed by atoms with Gasteiger partial charge in [0.05, 0.1) is 0 Å². The van der Waals surface area contributed by atoms with Crippen LogP contribution < -0.4 is 0 Å². The van der Waals surface area contributed by atoms with Crippen LogP contribution in [0.25, 0.3) is 0 Å². The van der Waals surface area contributed by atoms with Crippen LogP contribution in [0, 0.1) is 17.8 Å². The minimum atomic E-state index is -0.589. The molecule has 2 unspecified atom stereocenters. The number of ether oxygens (including phenoxy) is 1. The van der Waals surface area contributed by atoms with Crippen LogP contribution in [-0.4, -0.2) is 5.79 Å². The zero-order valence-corrected chi connectivity index (χ0v) is 12.7. The molecule has 1 aromatic carbocycles. The van der Waals surface area contributed by atoms with Crippen molar-refractivity contribution in [3.63, 3.8) is 0 Å². The van der Waals surface area contributed by atoms with E-state index in [2.05, 4.69) is 6.92 Å². The van der Waals surface area contributed by atoms with Crippen molar-refractivity contribution in [2.24, 2.45) is 17.8 Å². The summed E-state index contributed by atoms with van der Waals surface area (Å²) in [5.41, 5.74) is 1.03. The molecule has 3 aliphatic rings. The predicted octanol–water partition coefficient (Wildman–Crippen LogP) is 4.60. The summed E-state index contributed by atoms with van der Waals surface area (Å²) in [6, 6.07) is 10.1. The summed E-state index contributed by atoms with van der Waals surface area (Å²) in [6.07, 6.45) is 7.63. The molecule has 21 heavy (non-hydrogen) atoms. The Kier molecular flexibility index (Phi) is 3.52. The SMILES string of the molecule is C[C@@]1(C2CC3CCCC(C3)C2)OO[C@H](c2ccccc2)O1. The average Bonchev–Trinajstić information content (AvgIpc) is 2.92. The highest BCUT2D eigenvalue weighted by molar-refractivity contribution is 5.16. The standard InChI is InChI=1S/C18H24O3/c1-18(16-11-13-6-5-7-14(10-13)12-16)19-17(20-21-18)15-8-3-2-4-9-15/h2-4,8-9,13-14,16-17H,5-7,10-12H2,1H3/t13?,14?,16?,17-,18+/m1/s1. The van der Waals surface area contributed by atoms with Gasteiger partial charge in [-0.3, -0.25) is 0 Å². The largest absolute Gasteiger partial charge is 0.311 e. The van der Waals surface area contributed by atoms with Crippen LogP contribution in [-0.2, 0) is 14.5 Å². The lowest BCUT2D eigenvalue weighted by Crippen LogP contribution is -2.42. The maximum Gasteiger partial charge on any atom is 0.220 e. The quantitative estimate of drug-likeness (QED) is 0.745. The molecule has 2 aliphatic carbocycles. The van der Waals surface area contributed by atoms with Gasteiger partial charge >= 0.3 is 0 Å². The highest BCUT2D eigenvalue weighted by Crippen LogP contribution is 2.50. The zero-order chi connectivity index (χ0) is 14.3. The van der Waals surface area contributed by atoms with Gasteiger partial charge in [0.25, 0.3) is 0 Å². The maximum atomic E-state index is 6.20. The Bertz CT molecular complexity index is 476.